The third-order valence-corrected chi connectivity index (χ3v) is 4.56. The maximum Gasteiger partial charge on any atom is 0.262 e. The summed E-state index contributed by atoms with van der Waals surface area (Å²) in [6.07, 6.45) is 0. The van der Waals surface area contributed by atoms with Gasteiger partial charge in [-0.05, 0) is 55.5 Å². The number of hydrogen-bond donors (Lipinski definition) is 2. The molecule has 2 N–H and O–H groups in total. The summed E-state index contributed by atoms with van der Waals surface area (Å²) >= 11 is 8.32. The van der Waals surface area contributed by atoms with E-state index < -0.39 is 11.7 Å². The maximum absolute atomic E-state index is 13.9. The first-order valence-electron chi connectivity index (χ1n) is 7.44. The van der Waals surface area contributed by atoms with Gasteiger partial charge in [0.1, 0.15) is 5.82 Å². The predicted molar refractivity (Wildman–Crippen MR) is 101 cm³/mol. The van der Waals surface area contributed by atoms with E-state index in [1.807, 2.05) is 6.92 Å². The standard InChI is InChI=1S/C17H13BrFN3O2S/c1-2-22-16(24)11-5-3-9(7-14(11)21-17(22)25)15(23)20-13-6-4-10(18)8-12(13)19/h3-8H,2H2,1H3,(H,20,23)(H,21,25). The van der Waals surface area contributed by atoms with Gasteiger partial charge in [0.05, 0.1) is 16.6 Å². The third-order valence-electron chi connectivity index (χ3n) is 3.74. The van der Waals surface area contributed by atoms with Crippen LogP contribution in [-0.2, 0) is 6.54 Å². The van der Waals surface area contributed by atoms with Crippen LogP contribution in [0.2, 0.25) is 0 Å². The molecule has 5 nitrogen and oxygen atoms in total. The Morgan fingerprint density at radius 1 is 1.32 bits per heavy atom. The van der Waals surface area contributed by atoms with E-state index in [0.717, 1.165) is 0 Å². The molecule has 3 aromatic rings. The summed E-state index contributed by atoms with van der Waals surface area (Å²) in [5, 5.41) is 2.94. The van der Waals surface area contributed by atoms with Gasteiger partial charge in [-0.1, -0.05) is 15.9 Å². The van der Waals surface area contributed by atoms with E-state index in [9.17, 15) is 14.0 Å². The molecule has 1 heterocycles. The van der Waals surface area contributed by atoms with Crippen molar-refractivity contribution in [1.82, 2.24) is 9.55 Å². The second kappa shape index (κ2) is 6.89. The largest absolute Gasteiger partial charge is 0.332 e. The minimum atomic E-state index is -0.547. The van der Waals surface area contributed by atoms with Crippen LogP contribution in [0.4, 0.5) is 10.1 Å². The first-order chi connectivity index (χ1) is 11.9. The second-order valence-corrected chi connectivity index (χ2v) is 6.62. The van der Waals surface area contributed by atoms with Gasteiger partial charge >= 0.3 is 0 Å². The van der Waals surface area contributed by atoms with Gasteiger partial charge in [-0.3, -0.25) is 14.2 Å². The number of carbonyl (C=O) groups excluding carboxylic acids is 1. The Labute approximate surface area is 155 Å². The van der Waals surface area contributed by atoms with E-state index in [-0.39, 0.29) is 21.6 Å². The number of benzene rings is 2. The average Bonchev–Trinajstić information content (AvgIpc) is 2.57. The van der Waals surface area contributed by atoms with Gasteiger partial charge in [-0.15, -0.1) is 0 Å². The molecular weight excluding hydrogens is 409 g/mol. The van der Waals surface area contributed by atoms with Gasteiger partial charge < -0.3 is 10.3 Å². The molecule has 2 aromatic carbocycles. The highest BCUT2D eigenvalue weighted by Crippen LogP contribution is 2.20. The van der Waals surface area contributed by atoms with Crippen molar-refractivity contribution < 1.29 is 9.18 Å². The number of amides is 1. The van der Waals surface area contributed by atoms with Crippen LogP contribution in [0.15, 0.2) is 45.7 Å². The normalized spacial score (nSPS) is 10.8. The van der Waals surface area contributed by atoms with Crippen LogP contribution in [0, 0.1) is 10.6 Å². The van der Waals surface area contributed by atoms with Crippen LogP contribution in [-0.4, -0.2) is 15.5 Å². The summed E-state index contributed by atoms with van der Waals surface area (Å²) in [5.41, 5.74) is 0.604. The number of nitrogens with zero attached hydrogens (tertiary/aromatic N) is 1. The lowest BCUT2D eigenvalue weighted by atomic mass is 10.1. The van der Waals surface area contributed by atoms with Gasteiger partial charge in [0.25, 0.3) is 11.5 Å². The van der Waals surface area contributed by atoms with Gasteiger partial charge in [0, 0.05) is 16.6 Å². The van der Waals surface area contributed by atoms with Crippen LogP contribution in [0.1, 0.15) is 17.3 Å². The summed E-state index contributed by atoms with van der Waals surface area (Å²) in [4.78, 5) is 27.7. The van der Waals surface area contributed by atoms with Crippen molar-refractivity contribution >= 4 is 50.6 Å². The number of nitrogens with one attached hydrogen (secondary N) is 2. The lowest BCUT2D eigenvalue weighted by Crippen LogP contribution is -2.21. The number of fused-ring (bicyclic) bond motifs is 1. The second-order valence-electron chi connectivity index (χ2n) is 5.32. The van der Waals surface area contributed by atoms with Crippen molar-refractivity contribution in [3.63, 3.8) is 0 Å². The molecule has 0 aliphatic heterocycles. The Hall–Kier alpha value is -2.32. The lowest BCUT2D eigenvalue weighted by Gasteiger charge is -2.09. The fourth-order valence-corrected chi connectivity index (χ4v) is 3.12. The Morgan fingerprint density at radius 3 is 2.76 bits per heavy atom. The zero-order valence-electron chi connectivity index (χ0n) is 13.1. The molecule has 0 fully saturated rings. The number of aromatic nitrogens is 2. The van der Waals surface area contributed by atoms with E-state index in [2.05, 4.69) is 26.2 Å². The van der Waals surface area contributed by atoms with E-state index in [4.69, 9.17) is 12.2 Å². The summed E-state index contributed by atoms with van der Waals surface area (Å²) in [6.45, 7) is 2.28. The zero-order chi connectivity index (χ0) is 18.1. The smallest absolute Gasteiger partial charge is 0.262 e. The molecule has 0 bridgehead atoms. The Kier molecular flexibility index (Phi) is 4.82. The predicted octanol–water partition coefficient (Wildman–Crippen LogP) is 4.23. The highest BCUT2D eigenvalue weighted by Gasteiger charge is 2.12. The van der Waals surface area contributed by atoms with E-state index in [0.29, 0.717) is 21.9 Å². The molecule has 3 rings (SSSR count). The van der Waals surface area contributed by atoms with Gasteiger partial charge in [-0.25, -0.2) is 4.39 Å². The highest BCUT2D eigenvalue weighted by atomic mass is 79.9. The zero-order valence-corrected chi connectivity index (χ0v) is 15.5. The fourth-order valence-electron chi connectivity index (χ4n) is 2.47. The van der Waals surface area contributed by atoms with Crippen molar-refractivity contribution in [3.8, 4) is 0 Å². The monoisotopic (exact) mass is 421 g/mol. The Balaban J connectivity index is 2.00. The van der Waals surface area contributed by atoms with Crippen molar-refractivity contribution in [3.05, 3.63) is 67.4 Å². The van der Waals surface area contributed by atoms with Crippen LogP contribution in [0.5, 0.6) is 0 Å². The molecule has 0 saturated heterocycles. The molecule has 0 aliphatic rings. The molecule has 0 radical (unpaired) electrons. The molecule has 8 heteroatoms. The number of carbonyl (C=O) groups is 1. The minimum Gasteiger partial charge on any atom is -0.332 e. The molecule has 1 amide bonds. The summed E-state index contributed by atoms with van der Waals surface area (Å²) < 4.78 is 16.2. The molecule has 0 aliphatic carbocycles. The first kappa shape index (κ1) is 17.5. The van der Waals surface area contributed by atoms with Gasteiger partial charge in [-0.2, -0.15) is 0 Å². The molecule has 0 unspecified atom stereocenters. The number of anilines is 1. The number of rotatable bonds is 3. The van der Waals surface area contributed by atoms with Crippen LogP contribution >= 0.6 is 28.1 Å². The third kappa shape index (κ3) is 3.40. The topological polar surface area (TPSA) is 66.9 Å². The number of hydrogen-bond acceptors (Lipinski definition) is 3. The molecule has 0 spiro atoms. The maximum atomic E-state index is 13.9. The van der Waals surface area contributed by atoms with Crippen molar-refractivity contribution in [2.45, 2.75) is 13.5 Å². The molecule has 128 valence electrons. The Bertz CT molecular complexity index is 1110. The SMILES string of the molecule is CCn1c(=S)[nH]c2cc(C(=O)Nc3ccc(Br)cc3F)ccc2c1=O. The summed E-state index contributed by atoms with van der Waals surface area (Å²) in [6, 6.07) is 8.96. The molecule has 0 saturated carbocycles. The quantitative estimate of drug-likeness (QED) is 0.621. The lowest BCUT2D eigenvalue weighted by molar-refractivity contribution is 0.102. The molecular formula is C17H13BrFN3O2S. The van der Waals surface area contributed by atoms with Crippen LogP contribution in [0.25, 0.3) is 10.9 Å². The van der Waals surface area contributed by atoms with Gasteiger partial charge in [0.2, 0.25) is 0 Å². The van der Waals surface area contributed by atoms with E-state index in [1.54, 1.807) is 12.1 Å². The average molecular weight is 422 g/mol. The first-order valence-corrected chi connectivity index (χ1v) is 8.64. The summed E-state index contributed by atoms with van der Waals surface area (Å²) in [7, 11) is 0. The van der Waals surface area contributed by atoms with Crippen LogP contribution in [0.3, 0.4) is 0 Å². The number of H-pyrrole nitrogens is 1. The highest BCUT2D eigenvalue weighted by molar-refractivity contribution is 9.10. The fraction of sp³-hybridized carbons (Fsp3) is 0.118. The number of aromatic amines is 1. The Morgan fingerprint density at radius 2 is 2.08 bits per heavy atom. The van der Waals surface area contributed by atoms with Crippen LogP contribution < -0.4 is 10.9 Å². The molecule has 1 aromatic heterocycles. The summed E-state index contributed by atoms with van der Waals surface area (Å²) in [5.74, 6) is -1.03. The molecule has 0 atom stereocenters. The minimum absolute atomic E-state index is 0.0719. The van der Waals surface area contributed by atoms with Gasteiger partial charge in [0.15, 0.2) is 4.77 Å². The molecule has 25 heavy (non-hydrogen) atoms. The van der Waals surface area contributed by atoms with Crippen molar-refractivity contribution in [2.75, 3.05) is 5.32 Å². The van der Waals surface area contributed by atoms with E-state index in [1.165, 1.54) is 28.8 Å². The van der Waals surface area contributed by atoms with E-state index >= 15 is 0 Å². The number of halogens is 2. The van der Waals surface area contributed by atoms with Crippen molar-refractivity contribution in [2.24, 2.45) is 0 Å². The van der Waals surface area contributed by atoms with Crippen molar-refractivity contribution in [1.29, 1.82) is 0 Å².